The Bertz CT molecular complexity index is 456. The molecule has 5 nitrogen and oxygen atoms in total. The zero-order valence-electron chi connectivity index (χ0n) is 10.1. The van der Waals surface area contributed by atoms with Crippen LogP contribution in [0.2, 0.25) is 0 Å². The molecule has 1 aromatic carbocycles. The molecule has 0 fully saturated rings. The van der Waals surface area contributed by atoms with Crippen molar-refractivity contribution in [3.63, 3.8) is 0 Å². The molecule has 0 saturated carbocycles. The SMILES string of the molecule is CC(C)(C(=O)O)C(=O)N(O)Cc1ccc(F)cc1. The molecule has 0 heterocycles. The molecule has 6 heteroatoms. The Labute approximate surface area is 103 Å². The van der Waals surface area contributed by atoms with Crippen LogP contribution in [0.1, 0.15) is 19.4 Å². The average molecular weight is 255 g/mol. The summed E-state index contributed by atoms with van der Waals surface area (Å²) < 4.78 is 12.7. The van der Waals surface area contributed by atoms with E-state index in [0.29, 0.717) is 10.6 Å². The van der Waals surface area contributed by atoms with Crippen molar-refractivity contribution in [3.8, 4) is 0 Å². The van der Waals surface area contributed by atoms with Gasteiger partial charge in [0.05, 0.1) is 6.54 Å². The number of hydrogen-bond acceptors (Lipinski definition) is 3. The summed E-state index contributed by atoms with van der Waals surface area (Å²) in [5, 5.41) is 18.7. The lowest BCUT2D eigenvalue weighted by molar-refractivity contribution is -0.183. The third-order valence-corrected chi connectivity index (χ3v) is 2.55. The van der Waals surface area contributed by atoms with E-state index in [2.05, 4.69) is 0 Å². The molecule has 0 aromatic heterocycles. The summed E-state index contributed by atoms with van der Waals surface area (Å²) >= 11 is 0. The van der Waals surface area contributed by atoms with Gasteiger partial charge in [0.2, 0.25) is 0 Å². The molecule has 98 valence electrons. The number of amides is 1. The van der Waals surface area contributed by atoms with Crippen molar-refractivity contribution in [1.29, 1.82) is 0 Å². The minimum atomic E-state index is -1.71. The number of carbonyl (C=O) groups is 2. The molecule has 0 aliphatic heterocycles. The predicted molar refractivity (Wildman–Crippen MR) is 60.2 cm³/mol. The highest BCUT2D eigenvalue weighted by atomic mass is 19.1. The minimum Gasteiger partial charge on any atom is -0.480 e. The Hall–Kier alpha value is -1.95. The van der Waals surface area contributed by atoms with Gasteiger partial charge in [-0.1, -0.05) is 12.1 Å². The van der Waals surface area contributed by atoms with Crippen molar-refractivity contribution in [2.75, 3.05) is 0 Å². The number of hydroxylamine groups is 2. The summed E-state index contributed by atoms with van der Waals surface area (Å²) in [6, 6.07) is 5.19. The quantitative estimate of drug-likeness (QED) is 0.487. The fourth-order valence-corrected chi connectivity index (χ4v) is 1.25. The van der Waals surface area contributed by atoms with Crippen LogP contribution in [-0.4, -0.2) is 27.3 Å². The van der Waals surface area contributed by atoms with E-state index < -0.39 is 23.1 Å². The molecular formula is C12H14FNO4. The van der Waals surface area contributed by atoms with Gasteiger partial charge in [0.25, 0.3) is 5.91 Å². The maximum absolute atomic E-state index is 12.7. The Morgan fingerprint density at radius 2 is 1.78 bits per heavy atom. The first-order valence-electron chi connectivity index (χ1n) is 5.24. The molecule has 0 atom stereocenters. The molecular weight excluding hydrogens is 241 g/mol. The Balaban J connectivity index is 2.77. The van der Waals surface area contributed by atoms with E-state index in [1.807, 2.05) is 0 Å². The fraction of sp³-hybridized carbons (Fsp3) is 0.333. The number of carboxylic acids is 1. The summed E-state index contributed by atoms with van der Waals surface area (Å²) in [5.74, 6) is -2.69. The molecule has 2 N–H and O–H groups in total. The van der Waals surface area contributed by atoms with Crippen LogP contribution >= 0.6 is 0 Å². The third-order valence-electron chi connectivity index (χ3n) is 2.55. The number of hydrogen-bond donors (Lipinski definition) is 2. The summed E-state index contributed by atoms with van der Waals surface area (Å²) in [6.07, 6.45) is 0. The lowest BCUT2D eigenvalue weighted by Gasteiger charge is -2.24. The van der Waals surface area contributed by atoms with Crippen molar-refractivity contribution >= 4 is 11.9 Å². The second-order valence-electron chi connectivity index (χ2n) is 4.42. The molecule has 0 radical (unpaired) electrons. The number of nitrogens with zero attached hydrogens (tertiary/aromatic N) is 1. The molecule has 0 saturated heterocycles. The maximum atomic E-state index is 12.7. The maximum Gasteiger partial charge on any atom is 0.318 e. The first-order chi connectivity index (χ1) is 8.25. The molecule has 1 amide bonds. The van der Waals surface area contributed by atoms with E-state index in [-0.39, 0.29) is 6.54 Å². The van der Waals surface area contributed by atoms with E-state index in [4.69, 9.17) is 5.11 Å². The number of carboxylic acid groups (broad SMARTS) is 1. The summed E-state index contributed by atoms with van der Waals surface area (Å²) in [6.45, 7) is 2.20. The number of rotatable bonds is 4. The van der Waals surface area contributed by atoms with Gasteiger partial charge in [-0.2, -0.15) is 0 Å². The Morgan fingerprint density at radius 3 is 2.22 bits per heavy atom. The molecule has 1 aromatic rings. The van der Waals surface area contributed by atoms with Gasteiger partial charge in [-0.3, -0.25) is 14.8 Å². The third kappa shape index (κ3) is 3.04. The largest absolute Gasteiger partial charge is 0.480 e. The number of aliphatic carboxylic acids is 1. The van der Waals surface area contributed by atoms with Crippen molar-refractivity contribution < 1.29 is 24.3 Å². The van der Waals surface area contributed by atoms with Gasteiger partial charge in [-0.05, 0) is 31.5 Å². The first kappa shape index (κ1) is 14.1. The average Bonchev–Trinajstić information content (AvgIpc) is 2.30. The van der Waals surface area contributed by atoms with Crippen LogP contribution in [0.25, 0.3) is 0 Å². The number of carbonyl (C=O) groups excluding carboxylic acids is 1. The van der Waals surface area contributed by atoms with Crippen molar-refractivity contribution in [1.82, 2.24) is 5.06 Å². The zero-order chi connectivity index (χ0) is 13.9. The monoisotopic (exact) mass is 255 g/mol. The van der Waals surface area contributed by atoms with Crippen molar-refractivity contribution in [2.45, 2.75) is 20.4 Å². The van der Waals surface area contributed by atoms with Gasteiger partial charge in [0.1, 0.15) is 11.2 Å². The Kier molecular flexibility index (Phi) is 4.03. The molecule has 0 bridgehead atoms. The summed E-state index contributed by atoms with van der Waals surface area (Å²) in [5.41, 5.74) is -1.22. The number of benzene rings is 1. The highest BCUT2D eigenvalue weighted by molar-refractivity contribution is 6.00. The zero-order valence-corrected chi connectivity index (χ0v) is 10.1. The number of halogens is 1. The molecule has 0 aliphatic rings. The van der Waals surface area contributed by atoms with Crippen LogP contribution in [0.5, 0.6) is 0 Å². The van der Waals surface area contributed by atoms with Crippen molar-refractivity contribution in [3.05, 3.63) is 35.6 Å². The molecule has 0 aliphatic carbocycles. The van der Waals surface area contributed by atoms with Crippen LogP contribution in [0, 0.1) is 11.2 Å². The topological polar surface area (TPSA) is 77.8 Å². The second-order valence-corrected chi connectivity index (χ2v) is 4.42. The van der Waals surface area contributed by atoms with Crippen LogP contribution in [0.4, 0.5) is 4.39 Å². The van der Waals surface area contributed by atoms with E-state index >= 15 is 0 Å². The smallest absolute Gasteiger partial charge is 0.318 e. The lowest BCUT2D eigenvalue weighted by Crippen LogP contribution is -2.43. The Morgan fingerprint density at radius 1 is 1.28 bits per heavy atom. The minimum absolute atomic E-state index is 0.199. The molecule has 1 rings (SSSR count). The normalized spacial score (nSPS) is 11.1. The highest BCUT2D eigenvalue weighted by Gasteiger charge is 2.39. The van der Waals surface area contributed by atoms with E-state index in [0.717, 1.165) is 0 Å². The van der Waals surface area contributed by atoms with E-state index in [9.17, 15) is 19.2 Å². The predicted octanol–water partition coefficient (Wildman–Crippen LogP) is 1.65. The van der Waals surface area contributed by atoms with Gasteiger partial charge in [0.15, 0.2) is 0 Å². The van der Waals surface area contributed by atoms with Crippen LogP contribution < -0.4 is 0 Å². The van der Waals surface area contributed by atoms with Gasteiger partial charge in [-0.25, -0.2) is 9.45 Å². The summed E-state index contributed by atoms with van der Waals surface area (Å²) in [4.78, 5) is 22.6. The van der Waals surface area contributed by atoms with Crippen LogP contribution in [0.15, 0.2) is 24.3 Å². The molecule has 18 heavy (non-hydrogen) atoms. The van der Waals surface area contributed by atoms with Gasteiger partial charge >= 0.3 is 5.97 Å². The summed E-state index contributed by atoms with van der Waals surface area (Å²) in [7, 11) is 0. The lowest BCUT2D eigenvalue weighted by atomic mass is 9.92. The van der Waals surface area contributed by atoms with Gasteiger partial charge < -0.3 is 5.11 Å². The van der Waals surface area contributed by atoms with Gasteiger partial charge in [-0.15, -0.1) is 0 Å². The van der Waals surface area contributed by atoms with Crippen LogP contribution in [0.3, 0.4) is 0 Å². The second kappa shape index (κ2) is 5.14. The molecule has 0 unspecified atom stereocenters. The highest BCUT2D eigenvalue weighted by Crippen LogP contribution is 2.19. The first-order valence-corrected chi connectivity index (χ1v) is 5.24. The van der Waals surface area contributed by atoms with E-state index in [1.165, 1.54) is 38.1 Å². The van der Waals surface area contributed by atoms with Crippen molar-refractivity contribution in [2.24, 2.45) is 5.41 Å². The molecule has 0 spiro atoms. The van der Waals surface area contributed by atoms with Gasteiger partial charge in [0, 0.05) is 0 Å². The fourth-order valence-electron chi connectivity index (χ4n) is 1.25. The van der Waals surface area contributed by atoms with Crippen LogP contribution in [-0.2, 0) is 16.1 Å². The standard InChI is InChI=1S/C12H14FNO4/c1-12(2,11(16)17)10(15)14(18)7-8-3-5-9(13)6-4-8/h3-6,18H,7H2,1-2H3,(H,16,17). The van der Waals surface area contributed by atoms with E-state index in [1.54, 1.807) is 0 Å².